The standard InChI is InChI=1S/C28H29N3/c1-19(2)15-22-17-24(29-5)18-23(16-20(3)4)27(22)31-26-14-10-9-13-25(26)30-28(31)21-11-7-6-8-12-21/h6-14,17-20H,15-16H2,1-4H3. The largest absolute Gasteiger partial charge is 0.292 e. The Morgan fingerprint density at radius 1 is 0.839 bits per heavy atom. The fourth-order valence-corrected chi connectivity index (χ4v) is 4.32. The van der Waals surface area contributed by atoms with E-state index in [2.05, 4.69) is 91.7 Å². The van der Waals surface area contributed by atoms with Crippen molar-refractivity contribution in [1.82, 2.24) is 9.55 Å². The maximum atomic E-state index is 7.66. The fraction of sp³-hybridized carbons (Fsp3) is 0.286. The second kappa shape index (κ2) is 8.78. The van der Waals surface area contributed by atoms with Crippen LogP contribution in [0.15, 0.2) is 66.7 Å². The molecule has 1 heterocycles. The second-order valence-electron chi connectivity index (χ2n) is 9.05. The molecule has 0 radical (unpaired) electrons. The number of nitrogens with zero attached hydrogens (tertiary/aromatic N) is 3. The summed E-state index contributed by atoms with van der Waals surface area (Å²) in [6.07, 6.45) is 1.84. The average molecular weight is 408 g/mol. The molecule has 0 N–H and O–H groups in total. The van der Waals surface area contributed by atoms with Gasteiger partial charge in [-0.2, -0.15) is 0 Å². The van der Waals surface area contributed by atoms with E-state index in [0.717, 1.165) is 41.0 Å². The lowest BCUT2D eigenvalue weighted by atomic mass is 9.93. The minimum absolute atomic E-state index is 0.488. The summed E-state index contributed by atoms with van der Waals surface area (Å²) >= 11 is 0. The number of hydrogen-bond acceptors (Lipinski definition) is 1. The van der Waals surface area contributed by atoms with Crippen molar-refractivity contribution < 1.29 is 0 Å². The van der Waals surface area contributed by atoms with Crippen LogP contribution in [0.3, 0.4) is 0 Å². The number of aromatic nitrogens is 2. The highest BCUT2D eigenvalue weighted by molar-refractivity contribution is 5.84. The molecule has 0 bridgehead atoms. The van der Waals surface area contributed by atoms with Crippen molar-refractivity contribution in [2.24, 2.45) is 11.8 Å². The summed E-state index contributed by atoms with van der Waals surface area (Å²) in [5, 5.41) is 0. The third-order valence-electron chi connectivity index (χ3n) is 5.45. The van der Waals surface area contributed by atoms with Gasteiger partial charge >= 0.3 is 0 Å². The SMILES string of the molecule is [C-]#[N+]c1cc(CC(C)C)c(-n2c(-c3ccccc3)nc3ccccc32)c(CC(C)C)c1. The zero-order valence-electron chi connectivity index (χ0n) is 18.8. The smallest absolute Gasteiger partial charge is 0.187 e. The van der Waals surface area contributed by atoms with E-state index in [1.165, 1.54) is 16.8 Å². The van der Waals surface area contributed by atoms with Crippen LogP contribution >= 0.6 is 0 Å². The number of imidazole rings is 1. The van der Waals surface area contributed by atoms with E-state index in [-0.39, 0.29) is 0 Å². The Hall–Kier alpha value is -3.38. The molecule has 0 aliphatic heterocycles. The molecule has 3 nitrogen and oxygen atoms in total. The van der Waals surface area contributed by atoms with E-state index in [1.807, 2.05) is 12.1 Å². The molecule has 3 aromatic carbocycles. The Kier molecular flexibility index (Phi) is 5.91. The summed E-state index contributed by atoms with van der Waals surface area (Å²) in [5.74, 6) is 1.93. The molecular weight excluding hydrogens is 378 g/mol. The highest BCUT2D eigenvalue weighted by Gasteiger charge is 2.21. The van der Waals surface area contributed by atoms with Crippen LogP contribution in [0.5, 0.6) is 0 Å². The average Bonchev–Trinajstić information content (AvgIpc) is 3.12. The van der Waals surface area contributed by atoms with Gasteiger partial charge in [-0.25, -0.2) is 9.83 Å². The van der Waals surface area contributed by atoms with Gasteiger partial charge < -0.3 is 0 Å². The first kappa shape index (κ1) is 20.9. The molecule has 4 rings (SSSR count). The number of hydrogen-bond donors (Lipinski definition) is 0. The van der Waals surface area contributed by atoms with Gasteiger partial charge in [0.25, 0.3) is 0 Å². The van der Waals surface area contributed by atoms with Crippen molar-refractivity contribution in [3.8, 4) is 17.1 Å². The van der Waals surface area contributed by atoms with Crippen molar-refractivity contribution in [1.29, 1.82) is 0 Å². The Morgan fingerprint density at radius 2 is 1.42 bits per heavy atom. The van der Waals surface area contributed by atoms with Crippen molar-refractivity contribution in [2.45, 2.75) is 40.5 Å². The maximum Gasteiger partial charge on any atom is 0.187 e. The summed E-state index contributed by atoms with van der Waals surface area (Å²) in [5.41, 5.74) is 7.55. The van der Waals surface area contributed by atoms with Gasteiger partial charge in [0.1, 0.15) is 5.82 Å². The highest BCUT2D eigenvalue weighted by Crippen LogP contribution is 2.36. The van der Waals surface area contributed by atoms with Crippen LogP contribution in [0.4, 0.5) is 5.69 Å². The molecule has 3 heteroatoms. The molecular formula is C28H29N3. The molecule has 0 unspecified atom stereocenters. The first-order valence-corrected chi connectivity index (χ1v) is 11.0. The van der Waals surface area contributed by atoms with Gasteiger partial charge in [-0.15, -0.1) is 0 Å². The van der Waals surface area contributed by atoms with Gasteiger partial charge in [0.2, 0.25) is 0 Å². The first-order chi connectivity index (χ1) is 15.0. The fourth-order valence-electron chi connectivity index (χ4n) is 4.32. The molecule has 0 saturated heterocycles. The van der Waals surface area contributed by atoms with E-state index >= 15 is 0 Å². The lowest BCUT2D eigenvalue weighted by Gasteiger charge is -2.22. The van der Waals surface area contributed by atoms with Crippen molar-refractivity contribution in [2.75, 3.05) is 0 Å². The minimum atomic E-state index is 0.488. The number of rotatable bonds is 6. The minimum Gasteiger partial charge on any atom is -0.292 e. The van der Waals surface area contributed by atoms with Crippen molar-refractivity contribution in [3.63, 3.8) is 0 Å². The van der Waals surface area contributed by atoms with Gasteiger partial charge in [-0.05, 0) is 47.9 Å². The van der Waals surface area contributed by atoms with E-state index in [0.29, 0.717) is 11.8 Å². The lowest BCUT2D eigenvalue weighted by molar-refractivity contribution is 0.632. The molecule has 0 amide bonds. The molecule has 0 fully saturated rings. The number of benzene rings is 3. The van der Waals surface area contributed by atoms with Gasteiger partial charge in [-0.3, -0.25) is 4.57 Å². The Morgan fingerprint density at radius 3 is 2.00 bits per heavy atom. The van der Waals surface area contributed by atoms with Crippen LogP contribution in [-0.4, -0.2) is 9.55 Å². The van der Waals surface area contributed by atoms with Gasteiger partial charge in [0, 0.05) is 5.56 Å². The normalized spacial score (nSPS) is 11.4. The van der Waals surface area contributed by atoms with Crippen LogP contribution in [0.2, 0.25) is 0 Å². The van der Waals surface area contributed by atoms with Crippen LogP contribution in [0.1, 0.15) is 38.8 Å². The zero-order valence-corrected chi connectivity index (χ0v) is 18.8. The van der Waals surface area contributed by atoms with E-state index < -0.39 is 0 Å². The maximum absolute atomic E-state index is 7.66. The lowest BCUT2D eigenvalue weighted by Crippen LogP contribution is -2.10. The molecule has 4 aromatic rings. The molecule has 1 aromatic heterocycles. The Labute approximate surface area is 185 Å². The van der Waals surface area contributed by atoms with Crippen LogP contribution < -0.4 is 0 Å². The summed E-state index contributed by atoms with van der Waals surface area (Å²) in [7, 11) is 0. The Balaban J connectivity index is 2.11. The molecule has 0 atom stereocenters. The topological polar surface area (TPSA) is 22.2 Å². The molecule has 0 aliphatic rings. The summed E-state index contributed by atoms with van der Waals surface area (Å²) in [6.45, 7) is 16.6. The number of para-hydroxylation sites is 2. The Bertz CT molecular complexity index is 1210. The first-order valence-electron chi connectivity index (χ1n) is 11.0. The zero-order chi connectivity index (χ0) is 22.0. The predicted molar refractivity (Wildman–Crippen MR) is 130 cm³/mol. The molecule has 156 valence electrons. The highest BCUT2D eigenvalue weighted by atomic mass is 15.1. The van der Waals surface area contributed by atoms with E-state index in [1.54, 1.807) is 0 Å². The van der Waals surface area contributed by atoms with Gasteiger partial charge in [-0.1, -0.05) is 82.3 Å². The molecule has 0 aliphatic carbocycles. The predicted octanol–water partition coefficient (Wildman–Crippen LogP) is 7.64. The third kappa shape index (κ3) is 4.25. The monoisotopic (exact) mass is 407 g/mol. The van der Waals surface area contributed by atoms with Gasteiger partial charge in [0.15, 0.2) is 5.69 Å². The van der Waals surface area contributed by atoms with Crippen LogP contribution in [0, 0.1) is 18.4 Å². The van der Waals surface area contributed by atoms with Crippen molar-refractivity contribution in [3.05, 3.63) is 89.3 Å². The quantitative estimate of drug-likeness (QED) is 0.301. The second-order valence-corrected chi connectivity index (χ2v) is 9.05. The number of fused-ring (bicyclic) bond motifs is 1. The van der Waals surface area contributed by atoms with Crippen LogP contribution in [0.25, 0.3) is 33.0 Å². The van der Waals surface area contributed by atoms with Crippen molar-refractivity contribution >= 4 is 16.7 Å². The summed E-state index contributed by atoms with van der Waals surface area (Å²) < 4.78 is 2.33. The van der Waals surface area contributed by atoms with Gasteiger partial charge in [0.05, 0.1) is 23.3 Å². The summed E-state index contributed by atoms with van der Waals surface area (Å²) in [4.78, 5) is 8.84. The third-order valence-corrected chi connectivity index (χ3v) is 5.45. The molecule has 0 saturated carbocycles. The summed E-state index contributed by atoms with van der Waals surface area (Å²) in [6, 6.07) is 22.9. The van der Waals surface area contributed by atoms with Crippen LogP contribution in [-0.2, 0) is 12.8 Å². The van der Waals surface area contributed by atoms with E-state index in [4.69, 9.17) is 11.6 Å². The molecule has 0 spiro atoms. The van der Waals surface area contributed by atoms with E-state index in [9.17, 15) is 0 Å². The molecule has 31 heavy (non-hydrogen) atoms.